The number of hydrogen-bond acceptors (Lipinski definition) is 6. The third kappa shape index (κ3) is 5.18. The van der Waals surface area contributed by atoms with Gasteiger partial charge < -0.3 is 16.4 Å². The van der Waals surface area contributed by atoms with Crippen LogP contribution in [-0.2, 0) is 16.0 Å². The predicted molar refractivity (Wildman–Crippen MR) is 91.1 cm³/mol. The molecule has 1 aliphatic heterocycles. The molecule has 1 aromatic rings. The van der Waals surface area contributed by atoms with Crippen molar-refractivity contribution in [3.8, 4) is 0 Å². The summed E-state index contributed by atoms with van der Waals surface area (Å²) in [6.07, 6.45) is 1.79. The fraction of sp³-hybridized carbons (Fsp3) is 0.667. The zero-order chi connectivity index (χ0) is 16.8. The van der Waals surface area contributed by atoms with Crippen molar-refractivity contribution in [1.29, 1.82) is 0 Å². The highest BCUT2D eigenvalue weighted by atomic mass is 32.1. The highest BCUT2D eigenvalue weighted by Crippen LogP contribution is 2.13. The maximum Gasteiger partial charge on any atom is 0.237 e. The number of amides is 2. The first kappa shape index (κ1) is 17.7. The maximum atomic E-state index is 12.1. The number of nitrogens with zero attached hydrogens (tertiary/aromatic N) is 2. The fourth-order valence-corrected chi connectivity index (χ4v) is 3.34. The standard InChI is InChI=1S/C15H25N5O2S/c1-10(2)20-7-6-18-14(22)12(20)8-13(21)17-5-3-4-11-9-23-15(16)19-11/h9-10,12H,3-8H2,1-2H3,(H2,16,19)(H,17,21)(H,18,22)/t12-/m1/s1. The lowest BCUT2D eigenvalue weighted by molar-refractivity contribution is -0.134. The van der Waals surface area contributed by atoms with Gasteiger partial charge in [0.1, 0.15) is 0 Å². The van der Waals surface area contributed by atoms with Crippen molar-refractivity contribution in [1.82, 2.24) is 20.5 Å². The summed E-state index contributed by atoms with van der Waals surface area (Å²) in [5.41, 5.74) is 6.54. The molecule has 4 N–H and O–H groups in total. The van der Waals surface area contributed by atoms with Gasteiger partial charge in [0, 0.05) is 31.1 Å². The summed E-state index contributed by atoms with van der Waals surface area (Å²) in [5, 5.41) is 8.22. The van der Waals surface area contributed by atoms with Crippen LogP contribution in [0.2, 0.25) is 0 Å². The van der Waals surface area contributed by atoms with Crippen LogP contribution in [0, 0.1) is 0 Å². The van der Waals surface area contributed by atoms with Crippen LogP contribution in [0.15, 0.2) is 5.38 Å². The number of thiazole rings is 1. The highest BCUT2D eigenvalue weighted by molar-refractivity contribution is 7.13. The van der Waals surface area contributed by atoms with Gasteiger partial charge in [0.15, 0.2) is 5.13 Å². The molecule has 0 radical (unpaired) electrons. The van der Waals surface area contributed by atoms with Gasteiger partial charge in [-0.25, -0.2) is 4.98 Å². The minimum absolute atomic E-state index is 0.0574. The summed E-state index contributed by atoms with van der Waals surface area (Å²) in [5.74, 6) is -0.145. The third-order valence-electron chi connectivity index (χ3n) is 3.92. The highest BCUT2D eigenvalue weighted by Gasteiger charge is 2.32. The Labute approximate surface area is 140 Å². The largest absolute Gasteiger partial charge is 0.375 e. The van der Waals surface area contributed by atoms with Crippen molar-refractivity contribution in [2.24, 2.45) is 0 Å². The quantitative estimate of drug-likeness (QED) is 0.623. The van der Waals surface area contributed by atoms with Crippen LogP contribution in [-0.4, -0.2) is 53.4 Å². The van der Waals surface area contributed by atoms with Crippen molar-refractivity contribution in [2.75, 3.05) is 25.4 Å². The molecule has 1 saturated heterocycles. The SMILES string of the molecule is CC(C)N1CCNC(=O)[C@H]1CC(=O)NCCCc1csc(N)n1. The lowest BCUT2D eigenvalue weighted by Gasteiger charge is -2.37. The van der Waals surface area contributed by atoms with E-state index in [1.165, 1.54) is 11.3 Å². The van der Waals surface area contributed by atoms with Gasteiger partial charge in [-0.15, -0.1) is 11.3 Å². The molecule has 0 spiro atoms. The molecular weight excluding hydrogens is 314 g/mol. The van der Waals surface area contributed by atoms with E-state index in [1.807, 2.05) is 19.2 Å². The van der Waals surface area contributed by atoms with Gasteiger partial charge in [-0.1, -0.05) is 0 Å². The second kappa shape index (κ2) is 8.26. The van der Waals surface area contributed by atoms with Gasteiger partial charge >= 0.3 is 0 Å². The number of piperazine rings is 1. The molecule has 128 valence electrons. The number of aromatic nitrogens is 1. The van der Waals surface area contributed by atoms with E-state index in [-0.39, 0.29) is 30.3 Å². The first-order valence-electron chi connectivity index (χ1n) is 7.97. The van der Waals surface area contributed by atoms with E-state index < -0.39 is 0 Å². The second-order valence-corrected chi connectivity index (χ2v) is 6.86. The number of rotatable bonds is 7. The Bertz CT molecular complexity index is 546. The average molecular weight is 339 g/mol. The Balaban J connectivity index is 1.73. The van der Waals surface area contributed by atoms with Crippen LogP contribution in [0.4, 0.5) is 5.13 Å². The number of aryl methyl sites for hydroxylation is 1. The van der Waals surface area contributed by atoms with Crippen LogP contribution in [0.1, 0.15) is 32.4 Å². The molecule has 0 bridgehead atoms. The Hall–Kier alpha value is -1.67. The van der Waals surface area contributed by atoms with Gasteiger partial charge in [-0.05, 0) is 26.7 Å². The maximum absolute atomic E-state index is 12.1. The Morgan fingerprint density at radius 3 is 3.04 bits per heavy atom. The molecule has 2 amide bonds. The van der Waals surface area contributed by atoms with Crippen molar-refractivity contribution in [3.63, 3.8) is 0 Å². The molecule has 2 heterocycles. The Morgan fingerprint density at radius 1 is 1.61 bits per heavy atom. The van der Waals surface area contributed by atoms with Crippen LogP contribution in [0.25, 0.3) is 0 Å². The number of nitrogens with one attached hydrogen (secondary N) is 2. The van der Waals surface area contributed by atoms with Crippen molar-refractivity contribution < 1.29 is 9.59 Å². The van der Waals surface area contributed by atoms with E-state index in [0.717, 1.165) is 25.1 Å². The summed E-state index contributed by atoms with van der Waals surface area (Å²) in [7, 11) is 0. The molecule has 0 unspecified atom stereocenters. The number of carbonyl (C=O) groups is 2. The van der Waals surface area contributed by atoms with E-state index in [0.29, 0.717) is 18.2 Å². The first-order valence-corrected chi connectivity index (χ1v) is 8.85. The summed E-state index contributed by atoms with van der Waals surface area (Å²) in [6, 6.07) is -0.129. The van der Waals surface area contributed by atoms with Crippen molar-refractivity contribution >= 4 is 28.3 Å². The summed E-state index contributed by atoms with van der Waals surface area (Å²) >= 11 is 1.42. The zero-order valence-corrected chi connectivity index (χ0v) is 14.5. The van der Waals surface area contributed by atoms with Crippen LogP contribution < -0.4 is 16.4 Å². The number of anilines is 1. The van der Waals surface area contributed by atoms with E-state index in [4.69, 9.17) is 5.73 Å². The van der Waals surface area contributed by atoms with Gasteiger partial charge in [0.2, 0.25) is 11.8 Å². The summed E-state index contributed by atoms with van der Waals surface area (Å²) in [6.45, 7) is 6.09. The normalized spacial score (nSPS) is 18.9. The fourth-order valence-electron chi connectivity index (χ4n) is 2.74. The molecule has 0 aliphatic carbocycles. The van der Waals surface area contributed by atoms with Gasteiger partial charge in [-0.3, -0.25) is 14.5 Å². The van der Waals surface area contributed by atoms with Gasteiger partial charge in [0.25, 0.3) is 0 Å². The number of nitrogens with two attached hydrogens (primary N) is 1. The summed E-state index contributed by atoms with van der Waals surface area (Å²) < 4.78 is 0. The number of hydrogen-bond donors (Lipinski definition) is 3. The smallest absolute Gasteiger partial charge is 0.237 e. The molecule has 7 nitrogen and oxygen atoms in total. The van der Waals surface area contributed by atoms with E-state index in [9.17, 15) is 9.59 Å². The van der Waals surface area contributed by atoms with Crippen LogP contribution in [0.5, 0.6) is 0 Å². The molecular formula is C15H25N5O2S. The Kier molecular flexibility index (Phi) is 6.35. The Morgan fingerprint density at radius 2 is 2.39 bits per heavy atom. The number of nitrogen functional groups attached to an aromatic ring is 1. The molecule has 2 rings (SSSR count). The van der Waals surface area contributed by atoms with Crippen molar-refractivity contribution in [2.45, 2.75) is 45.2 Å². The molecule has 23 heavy (non-hydrogen) atoms. The van der Waals surface area contributed by atoms with Gasteiger partial charge in [0.05, 0.1) is 18.2 Å². The molecule has 0 aromatic carbocycles. The first-order chi connectivity index (χ1) is 11.0. The van der Waals surface area contributed by atoms with Crippen LogP contribution in [0.3, 0.4) is 0 Å². The minimum Gasteiger partial charge on any atom is -0.375 e. The monoisotopic (exact) mass is 339 g/mol. The zero-order valence-electron chi connectivity index (χ0n) is 13.7. The molecule has 0 saturated carbocycles. The average Bonchev–Trinajstić information content (AvgIpc) is 2.91. The molecule has 1 fully saturated rings. The van der Waals surface area contributed by atoms with E-state index >= 15 is 0 Å². The molecule has 1 aliphatic rings. The second-order valence-electron chi connectivity index (χ2n) is 5.97. The molecule has 1 atom stereocenters. The third-order valence-corrected chi connectivity index (χ3v) is 4.64. The van der Waals surface area contributed by atoms with Gasteiger partial charge in [-0.2, -0.15) is 0 Å². The topological polar surface area (TPSA) is 100 Å². The number of carbonyl (C=O) groups excluding carboxylic acids is 2. The predicted octanol–water partition coefficient (Wildman–Crippen LogP) is 0.373. The summed E-state index contributed by atoms with van der Waals surface area (Å²) in [4.78, 5) is 30.4. The van der Waals surface area contributed by atoms with Crippen LogP contribution >= 0.6 is 11.3 Å². The van der Waals surface area contributed by atoms with E-state index in [2.05, 4.69) is 20.5 Å². The lowest BCUT2D eigenvalue weighted by atomic mass is 10.1. The lowest BCUT2D eigenvalue weighted by Crippen LogP contribution is -2.58. The molecule has 1 aromatic heterocycles. The van der Waals surface area contributed by atoms with E-state index in [1.54, 1.807) is 0 Å². The molecule has 8 heteroatoms. The van der Waals surface area contributed by atoms with Crippen molar-refractivity contribution in [3.05, 3.63) is 11.1 Å². The minimum atomic E-state index is -0.373.